The van der Waals surface area contributed by atoms with Crippen LogP contribution in [0.2, 0.25) is 0 Å². The van der Waals surface area contributed by atoms with Gasteiger partial charge in [-0.3, -0.25) is 35.0 Å². The van der Waals surface area contributed by atoms with Gasteiger partial charge in [-0.05, 0) is 87.4 Å². The Morgan fingerprint density at radius 3 is 2.61 bits per heavy atom. The second-order valence-electron chi connectivity index (χ2n) is 15.3. The topological polar surface area (TPSA) is 173 Å². The number of rotatable bonds is 7. The molecule has 3 amide bonds. The summed E-state index contributed by atoms with van der Waals surface area (Å²) in [4.78, 5) is 54.1. The summed E-state index contributed by atoms with van der Waals surface area (Å²) in [5.41, 5.74) is 7.14. The van der Waals surface area contributed by atoms with Gasteiger partial charge < -0.3 is 24.8 Å². The lowest BCUT2D eigenvalue weighted by Gasteiger charge is -2.34. The van der Waals surface area contributed by atoms with Gasteiger partial charge in [0.15, 0.2) is 0 Å². The third kappa shape index (κ3) is 8.08. The summed E-state index contributed by atoms with van der Waals surface area (Å²) in [5.74, 6) is 0.364. The van der Waals surface area contributed by atoms with E-state index in [-0.39, 0.29) is 23.6 Å². The predicted molar refractivity (Wildman–Crippen MR) is 214 cm³/mol. The summed E-state index contributed by atoms with van der Waals surface area (Å²) in [7, 11) is 1.85. The lowest BCUT2D eigenvalue weighted by atomic mass is 9.94. The van der Waals surface area contributed by atoms with Crippen molar-refractivity contribution in [3.63, 3.8) is 0 Å². The number of hydrogen-bond acceptors (Lipinski definition) is 11. The molecule has 15 nitrogen and oxygen atoms in total. The number of anilines is 3. The molecule has 15 heteroatoms. The molecule has 1 unspecified atom stereocenters. The fraction of sp³-hybridized carbons (Fsp3) is 0.439. The summed E-state index contributed by atoms with van der Waals surface area (Å²) in [5, 5.41) is 17.3. The fourth-order valence-corrected chi connectivity index (χ4v) is 7.99. The number of carbonyl (C=O) groups excluding carboxylic acids is 3. The number of aryl methyl sites for hydroxylation is 2. The molecule has 0 spiro atoms. The van der Waals surface area contributed by atoms with Crippen molar-refractivity contribution in [3.05, 3.63) is 71.8 Å². The molecule has 0 saturated carbocycles. The zero-order valence-electron chi connectivity index (χ0n) is 32.2. The summed E-state index contributed by atoms with van der Waals surface area (Å²) in [6, 6.07) is 14.1. The lowest BCUT2D eigenvalue weighted by molar-refractivity contribution is -0.134. The maximum absolute atomic E-state index is 13.8. The molecule has 2 saturated heterocycles. The zero-order valence-corrected chi connectivity index (χ0v) is 32.2. The van der Waals surface area contributed by atoms with E-state index in [2.05, 4.69) is 53.8 Å². The monoisotopic (exact) mass is 759 g/mol. The van der Waals surface area contributed by atoms with E-state index in [1.54, 1.807) is 23.0 Å². The largest absolute Gasteiger partial charge is 0.477 e. The molecule has 56 heavy (non-hydrogen) atoms. The van der Waals surface area contributed by atoms with E-state index in [0.717, 1.165) is 85.5 Å². The standard InChI is InChI=1S/C41H49N11O4/c1-25-5-4-18-56-40-32(23-45-50(40)3)35-20-27(19-26(2)46-35)38(54)49-41-47-34-9-6-29(21-36(34)52(41)24-25)43-15-14-42-28-12-16-51(17-13-28)30-7-10-33(44-22-30)31-8-11-37(53)48-39(31)55/h6-7,9-10,19-23,25,28,31,42-43H,4-5,8,11-18,24H2,1-3H3,(H,47,49,54)(H,48,53,55)/t25-,31?/m1/s1. The molecule has 7 heterocycles. The van der Waals surface area contributed by atoms with Crippen LogP contribution in [0.15, 0.2) is 54.9 Å². The number of ether oxygens (including phenoxy) is 1. The quantitative estimate of drug-likeness (QED) is 0.133. The van der Waals surface area contributed by atoms with Gasteiger partial charge in [0.05, 0.1) is 58.6 Å². The van der Waals surface area contributed by atoms with Crippen LogP contribution in [0.4, 0.5) is 17.3 Å². The number of benzene rings is 1. The van der Waals surface area contributed by atoms with E-state index in [1.165, 1.54) is 0 Å². The van der Waals surface area contributed by atoms with Gasteiger partial charge in [0, 0.05) is 69.2 Å². The highest BCUT2D eigenvalue weighted by Crippen LogP contribution is 2.31. The van der Waals surface area contributed by atoms with Gasteiger partial charge in [-0.25, -0.2) is 9.67 Å². The summed E-state index contributed by atoms with van der Waals surface area (Å²) in [6.07, 6.45) is 8.26. The van der Waals surface area contributed by atoms with Gasteiger partial charge >= 0.3 is 0 Å². The normalized spacial score (nSPS) is 19.6. The highest BCUT2D eigenvalue weighted by Gasteiger charge is 2.29. The minimum Gasteiger partial charge on any atom is -0.477 e. The van der Waals surface area contributed by atoms with Crippen molar-refractivity contribution in [2.24, 2.45) is 13.0 Å². The Morgan fingerprint density at radius 2 is 1.80 bits per heavy atom. The number of fused-ring (bicyclic) bond motifs is 7. The Hall–Kier alpha value is -5.83. The lowest BCUT2D eigenvalue weighted by Crippen LogP contribution is -2.43. The third-order valence-corrected chi connectivity index (χ3v) is 11.0. The summed E-state index contributed by atoms with van der Waals surface area (Å²) in [6.45, 7) is 8.74. The van der Waals surface area contributed by atoms with E-state index < -0.39 is 0 Å². The molecule has 2 atom stereocenters. The Bertz CT molecular complexity index is 2240. The van der Waals surface area contributed by atoms with Crippen molar-refractivity contribution in [1.29, 1.82) is 0 Å². The van der Waals surface area contributed by atoms with Crippen LogP contribution < -0.4 is 30.9 Å². The second kappa shape index (κ2) is 16.1. The van der Waals surface area contributed by atoms with Crippen LogP contribution in [0.3, 0.4) is 0 Å². The van der Waals surface area contributed by atoms with Crippen LogP contribution in [0, 0.1) is 12.8 Å². The summed E-state index contributed by atoms with van der Waals surface area (Å²) < 4.78 is 10.1. The van der Waals surface area contributed by atoms with Gasteiger partial charge in [0.1, 0.15) is 0 Å². The van der Waals surface area contributed by atoms with E-state index in [4.69, 9.17) is 14.7 Å². The molecule has 2 fully saturated rings. The molecule has 3 aliphatic heterocycles. The molecule has 4 aromatic heterocycles. The fourth-order valence-electron chi connectivity index (χ4n) is 7.99. The summed E-state index contributed by atoms with van der Waals surface area (Å²) >= 11 is 0. The highest BCUT2D eigenvalue weighted by molar-refractivity contribution is 6.05. The van der Waals surface area contributed by atoms with Crippen molar-refractivity contribution < 1.29 is 19.1 Å². The number of aromatic nitrogens is 6. The number of pyridine rings is 2. The van der Waals surface area contributed by atoms with Crippen LogP contribution in [-0.4, -0.2) is 85.8 Å². The molecule has 0 aliphatic carbocycles. The number of imide groups is 1. The van der Waals surface area contributed by atoms with Gasteiger partial charge in [0.2, 0.25) is 23.6 Å². The van der Waals surface area contributed by atoms with Crippen LogP contribution in [-0.2, 0) is 23.2 Å². The van der Waals surface area contributed by atoms with Gasteiger partial charge in [-0.1, -0.05) is 6.92 Å². The minimum atomic E-state index is -0.369. The molecule has 2 bridgehead atoms. The number of imidazole rings is 1. The first kappa shape index (κ1) is 37.1. The Balaban J connectivity index is 0.887. The average molecular weight is 760 g/mol. The van der Waals surface area contributed by atoms with Crippen molar-refractivity contribution >= 4 is 46.1 Å². The number of nitrogens with zero attached hydrogens (tertiary/aromatic N) is 7. The van der Waals surface area contributed by atoms with Crippen molar-refractivity contribution in [2.75, 3.05) is 48.3 Å². The molecule has 1 aromatic carbocycles. The number of amides is 3. The van der Waals surface area contributed by atoms with Crippen molar-refractivity contribution in [3.8, 4) is 17.1 Å². The number of hydrogen-bond donors (Lipinski definition) is 4. The van der Waals surface area contributed by atoms with E-state index >= 15 is 0 Å². The maximum Gasteiger partial charge on any atom is 0.258 e. The minimum absolute atomic E-state index is 0.215. The predicted octanol–water partition coefficient (Wildman–Crippen LogP) is 4.79. The van der Waals surface area contributed by atoms with Crippen LogP contribution in [0.5, 0.6) is 5.88 Å². The molecule has 8 rings (SSSR count). The molecule has 4 N–H and O–H groups in total. The molecular weight excluding hydrogens is 711 g/mol. The molecular formula is C41H49N11O4. The zero-order chi connectivity index (χ0) is 38.8. The molecule has 3 aliphatic rings. The van der Waals surface area contributed by atoms with Gasteiger partial charge in [-0.15, -0.1) is 0 Å². The second-order valence-corrected chi connectivity index (χ2v) is 15.3. The first-order valence-electron chi connectivity index (χ1n) is 19.7. The Kier molecular flexibility index (Phi) is 10.7. The van der Waals surface area contributed by atoms with E-state index in [1.807, 2.05) is 44.4 Å². The van der Waals surface area contributed by atoms with Gasteiger partial charge in [0.25, 0.3) is 5.91 Å². The molecule has 292 valence electrons. The van der Waals surface area contributed by atoms with E-state index in [0.29, 0.717) is 66.7 Å². The van der Waals surface area contributed by atoms with Crippen molar-refractivity contribution in [1.82, 2.24) is 39.9 Å². The Labute approximate surface area is 325 Å². The highest BCUT2D eigenvalue weighted by atomic mass is 16.5. The number of nitrogens with one attached hydrogen (secondary N) is 4. The van der Waals surface area contributed by atoms with Crippen LogP contribution in [0.25, 0.3) is 22.3 Å². The average Bonchev–Trinajstić information content (AvgIpc) is 3.73. The van der Waals surface area contributed by atoms with E-state index in [9.17, 15) is 14.4 Å². The number of carbonyl (C=O) groups is 3. The first-order valence-corrected chi connectivity index (χ1v) is 19.7. The SMILES string of the molecule is Cc1cc2cc(n1)-c1cnn(C)c1OCCC[C@@H](C)Cn1c(nc3ccc(NCCNC4CCN(c5ccc(C6CCC(=O)NC6=O)nc5)CC4)cc31)NC2=O. The third-order valence-electron chi connectivity index (χ3n) is 11.0. The smallest absolute Gasteiger partial charge is 0.258 e. The van der Waals surface area contributed by atoms with Crippen LogP contribution >= 0.6 is 0 Å². The van der Waals surface area contributed by atoms with Gasteiger partial charge in [-0.2, -0.15) is 5.10 Å². The van der Waals surface area contributed by atoms with Crippen molar-refractivity contribution in [2.45, 2.75) is 70.9 Å². The maximum atomic E-state index is 13.8. The Morgan fingerprint density at radius 1 is 0.946 bits per heavy atom. The molecule has 5 aromatic rings. The first-order chi connectivity index (χ1) is 27.2. The molecule has 0 radical (unpaired) electrons. The van der Waals surface area contributed by atoms with Crippen LogP contribution in [0.1, 0.15) is 73.1 Å². The number of piperidine rings is 2.